The van der Waals surface area contributed by atoms with Gasteiger partial charge in [0.15, 0.2) is 0 Å². The molecule has 0 radical (unpaired) electrons. The molecular weight excluding hydrogens is 415 g/mol. The van der Waals surface area contributed by atoms with E-state index in [-0.39, 0.29) is 25.0 Å². The second-order valence-corrected chi connectivity index (χ2v) is 7.48. The lowest BCUT2D eigenvalue weighted by Gasteiger charge is -2.21. The van der Waals surface area contributed by atoms with E-state index in [1.807, 2.05) is 35.2 Å². The highest BCUT2D eigenvalue weighted by Crippen LogP contribution is 2.35. The molecule has 2 aromatic rings. The number of nitrogens with zero attached hydrogens (tertiary/aromatic N) is 2. The number of anilines is 1. The van der Waals surface area contributed by atoms with Crippen LogP contribution in [0.1, 0.15) is 12.0 Å². The zero-order valence-electron chi connectivity index (χ0n) is 15.7. The smallest absolute Gasteiger partial charge is 0.407 e. The van der Waals surface area contributed by atoms with Crippen molar-refractivity contribution in [3.05, 3.63) is 58.3 Å². The number of halogens is 2. The van der Waals surface area contributed by atoms with Gasteiger partial charge < -0.3 is 20.3 Å². The summed E-state index contributed by atoms with van der Waals surface area (Å²) in [7, 11) is 0. The van der Waals surface area contributed by atoms with Gasteiger partial charge in [0, 0.05) is 38.6 Å². The lowest BCUT2D eigenvalue weighted by molar-refractivity contribution is -0.124. The largest absolute Gasteiger partial charge is 0.445 e. The number of benzene rings is 1. The summed E-state index contributed by atoms with van der Waals surface area (Å²) < 4.78 is 5.12. The van der Waals surface area contributed by atoms with Crippen LogP contribution < -0.4 is 15.5 Å². The Kier molecular flexibility index (Phi) is 7.55. The van der Waals surface area contributed by atoms with Crippen molar-refractivity contribution in [2.45, 2.75) is 13.0 Å². The lowest BCUT2D eigenvalue weighted by Crippen LogP contribution is -2.38. The molecule has 0 bridgehead atoms. The molecule has 1 fully saturated rings. The first-order valence-corrected chi connectivity index (χ1v) is 10.1. The van der Waals surface area contributed by atoms with E-state index >= 15 is 0 Å². The molecule has 1 aromatic carbocycles. The Balaban J connectivity index is 1.35. The molecule has 3 rings (SSSR count). The molecule has 2 N–H and O–H groups in total. The molecule has 0 saturated carbocycles. The second-order valence-electron chi connectivity index (χ2n) is 6.66. The van der Waals surface area contributed by atoms with Crippen molar-refractivity contribution in [3.8, 4) is 0 Å². The van der Waals surface area contributed by atoms with Gasteiger partial charge in [0.2, 0.25) is 5.91 Å². The lowest BCUT2D eigenvalue weighted by atomic mass is 10.1. The van der Waals surface area contributed by atoms with Crippen molar-refractivity contribution < 1.29 is 14.3 Å². The Hall–Kier alpha value is -2.51. The summed E-state index contributed by atoms with van der Waals surface area (Å²) in [6, 6.07) is 9.42. The van der Waals surface area contributed by atoms with Crippen LogP contribution in [0.2, 0.25) is 10.0 Å². The number of ether oxygens (including phenoxy) is 1. The van der Waals surface area contributed by atoms with Crippen LogP contribution in [0.3, 0.4) is 0 Å². The first kappa shape index (κ1) is 21.2. The average Bonchev–Trinajstić information content (AvgIpc) is 3.20. The van der Waals surface area contributed by atoms with Crippen LogP contribution in [-0.2, 0) is 16.1 Å². The predicted molar refractivity (Wildman–Crippen MR) is 112 cm³/mol. The Morgan fingerprint density at radius 1 is 1.10 bits per heavy atom. The van der Waals surface area contributed by atoms with Crippen molar-refractivity contribution in [1.29, 1.82) is 0 Å². The van der Waals surface area contributed by atoms with Gasteiger partial charge in [-0.1, -0.05) is 53.5 Å². The van der Waals surface area contributed by atoms with Gasteiger partial charge in [0.1, 0.15) is 6.61 Å². The highest BCUT2D eigenvalue weighted by Gasteiger charge is 2.30. The van der Waals surface area contributed by atoms with Crippen molar-refractivity contribution in [1.82, 2.24) is 15.6 Å². The van der Waals surface area contributed by atoms with Gasteiger partial charge in [-0.2, -0.15) is 0 Å². The number of carbonyl (C=O) groups is 2. The molecule has 2 amide bonds. The Morgan fingerprint density at radius 2 is 1.79 bits per heavy atom. The van der Waals surface area contributed by atoms with E-state index in [1.54, 1.807) is 12.4 Å². The fourth-order valence-corrected chi connectivity index (χ4v) is 3.76. The monoisotopic (exact) mass is 436 g/mol. The second kappa shape index (κ2) is 10.3. The van der Waals surface area contributed by atoms with Gasteiger partial charge >= 0.3 is 6.09 Å². The van der Waals surface area contributed by atoms with E-state index in [9.17, 15) is 9.59 Å². The maximum absolute atomic E-state index is 12.4. The van der Waals surface area contributed by atoms with Crippen molar-refractivity contribution in [3.63, 3.8) is 0 Å². The van der Waals surface area contributed by atoms with Gasteiger partial charge in [0.25, 0.3) is 0 Å². The molecule has 154 valence electrons. The molecule has 1 saturated heterocycles. The highest BCUT2D eigenvalue weighted by molar-refractivity contribution is 6.38. The molecule has 29 heavy (non-hydrogen) atoms. The van der Waals surface area contributed by atoms with Crippen LogP contribution in [0.15, 0.2) is 42.7 Å². The molecule has 1 aliphatic heterocycles. The summed E-state index contributed by atoms with van der Waals surface area (Å²) in [6.07, 6.45) is 3.27. The SMILES string of the molecule is O=C(NCCNC(=O)C1CCN(c2c(Cl)cncc2Cl)C1)OCc1ccccc1. The first-order chi connectivity index (χ1) is 14.0. The van der Waals surface area contributed by atoms with Crippen molar-refractivity contribution in [2.75, 3.05) is 31.1 Å². The van der Waals surface area contributed by atoms with E-state index in [0.717, 1.165) is 5.56 Å². The number of carbonyl (C=O) groups excluding carboxylic acids is 2. The fourth-order valence-electron chi connectivity index (χ4n) is 3.15. The summed E-state index contributed by atoms with van der Waals surface area (Å²) in [5.74, 6) is -0.228. The van der Waals surface area contributed by atoms with Crippen LogP contribution >= 0.6 is 23.2 Å². The molecule has 9 heteroatoms. The minimum Gasteiger partial charge on any atom is -0.445 e. The molecule has 0 aliphatic carbocycles. The van der Waals surface area contributed by atoms with Crippen LogP contribution in [0.25, 0.3) is 0 Å². The third-order valence-electron chi connectivity index (χ3n) is 4.61. The summed E-state index contributed by atoms with van der Waals surface area (Å²) in [5.41, 5.74) is 1.62. The number of nitrogens with one attached hydrogen (secondary N) is 2. The summed E-state index contributed by atoms with van der Waals surface area (Å²) >= 11 is 12.4. The summed E-state index contributed by atoms with van der Waals surface area (Å²) in [5, 5.41) is 6.40. The Labute approximate surface area is 179 Å². The maximum Gasteiger partial charge on any atom is 0.407 e. The standard InChI is InChI=1S/C20H22Cl2N4O3/c21-16-10-23-11-17(22)18(16)26-9-6-15(12-26)19(27)24-7-8-25-20(28)29-13-14-4-2-1-3-5-14/h1-5,10-11,15H,6-9,12-13H2,(H,24,27)(H,25,28). The first-order valence-electron chi connectivity index (χ1n) is 9.31. The zero-order valence-corrected chi connectivity index (χ0v) is 17.2. The van der Waals surface area contributed by atoms with Crippen LogP contribution in [0, 0.1) is 5.92 Å². The Bertz CT molecular complexity index is 831. The Morgan fingerprint density at radius 3 is 2.52 bits per heavy atom. The quantitative estimate of drug-likeness (QED) is 0.650. The number of amides is 2. The number of rotatable bonds is 7. The highest BCUT2D eigenvalue weighted by atomic mass is 35.5. The van der Waals surface area contributed by atoms with Crippen LogP contribution in [0.5, 0.6) is 0 Å². The molecule has 1 atom stereocenters. The predicted octanol–water partition coefficient (Wildman–Crippen LogP) is 3.26. The molecule has 1 aromatic heterocycles. The van der Waals surface area contributed by atoms with Gasteiger partial charge in [0.05, 0.1) is 21.7 Å². The third-order valence-corrected chi connectivity index (χ3v) is 5.16. The third kappa shape index (κ3) is 5.98. The molecule has 1 aliphatic rings. The molecular formula is C20H22Cl2N4O3. The molecule has 7 nitrogen and oxygen atoms in total. The number of hydrogen-bond donors (Lipinski definition) is 2. The minimum atomic E-state index is -0.517. The van der Waals surface area contributed by atoms with E-state index in [2.05, 4.69) is 15.6 Å². The van der Waals surface area contributed by atoms with E-state index in [0.29, 0.717) is 41.8 Å². The topological polar surface area (TPSA) is 83.6 Å². The minimum absolute atomic E-state index is 0.0618. The van der Waals surface area contributed by atoms with Crippen LogP contribution in [0.4, 0.5) is 10.5 Å². The number of alkyl carbamates (subject to hydrolysis) is 1. The van der Waals surface area contributed by atoms with Crippen molar-refractivity contribution in [2.24, 2.45) is 5.92 Å². The zero-order chi connectivity index (χ0) is 20.6. The van der Waals surface area contributed by atoms with Crippen LogP contribution in [-0.4, -0.2) is 43.2 Å². The van der Waals surface area contributed by atoms with E-state index in [4.69, 9.17) is 27.9 Å². The van der Waals surface area contributed by atoms with E-state index < -0.39 is 6.09 Å². The molecule has 0 spiro atoms. The normalized spacial score (nSPS) is 15.8. The van der Waals surface area contributed by atoms with Gasteiger partial charge in [-0.15, -0.1) is 0 Å². The van der Waals surface area contributed by atoms with Gasteiger partial charge in [-0.25, -0.2) is 4.79 Å². The summed E-state index contributed by atoms with van der Waals surface area (Å²) in [4.78, 5) is 30.0. The summed E-state index contributed by atoms with van der Waals surface area (Å²) in [6.45, 7) is 2.04. The number of aromatic nitrogens is 1. The number of hydrogen-bond acceptors (Lipinski definition) is 5. The van der Waals surface area contributed by atoms with Crippen molar-refractivity contribution >= 4 is 40.9 Å². The molecule has 2 heterocycles. The maximum atomic E-state index is 12.4. The number of pyridine rings is 1. The fraction of sp³-hybridized carbons (Fsp3) is 0.350. The average molecular weight is 437 g/mol. The van der Waals surface area contributed by atoms with E-state index in [1.165, 1.54) is 0 Å². The van der Waals surface area contributed by atoms with Gasteiger partial charge in [-0.05, 0) is 12.0 Å². The molecule has 1 unspecified atom stereocenters. The van der Waals surface area contributed by atoms with Gasteiger partial charge in [-0.3, -0.25) is 9.78 Å².